The number of ether oxygens (including phenoxy) is 2. The third kappa shape index (κ3) is 8.19. The largest absolute Gasteiger partial charge is 0.444 e. The summed E-state index contributed by atoms with van der Waals surface area (Å²) in [4.78, 5) is 16.4. The standard InChI is InChI=1S/C15H21BrN2O3.2C2H6/c1-14(2,3)21-13(19)18-15(4-6-20-7-5-15)11-8-12(16)10-17-9-11;2*1-2/h8-10H,4-7H2,1-3H3,(H,18,19);2*1-2H3. The zero-order valence-electron chi connectivity index (χ0n) is 16.6. The summed E-state index contributed by atoms with van der Waals surface area (Å²) in [6, 6.07) is 1.98. The molecule has 0 bridgehead atoms. The monoisotopic (exact) mass is 416 g/mol. The maximum atomic E-state index is 12.2. The SMILES string of the molecule is CC.CC.CC(C)(C)OC(=O)NC1(c2cncc(Br)c2)CCOCC1. The van der Waals surface area contributed by atoms with Crippen molar-refractivity contribution in [1.29, 1.82) is 0 Å². The van der Waals surface area contributed by atoms with Gasteiger partial charge in [0.2, 0.25) is 0 Å². The Morgan fingerprint density at radius 3 is 2.24 bits per heavy atom. The molecule has 0 saturated carbocycles. The van der Waals surface area contributed by atoms with Crippen molar-refractivity contribution in [3.8, 4) is 0 Å². The fourth-order valence-corrected chi connectivity index (χ4v) is 2.74. The van der Waals surface area contributed by atoms with Gasteiger partial charge in [0.15, 0.2) is 0 Å². The Morgan fingerprint density at radius 2 is 1.76 bits per heavy atom. The van der Waals surface area contributed by atoms with Gasteiger partial charge in [0.1, 0.15) is 5.60 Å². The van der Waals surface area contributed by atoms with Gasteiger partial charge < -0.3 is 14.8 Å². The summed E-state index contributed by atoms with van der Waals surface area (Å²) in [5.41, 5.74) is -0.0467. The van der Waals surface area contributed by atoms with Crippen LogP contribution in [0.2, 0.25) is 0 Å². The molecule has 1 aliphatic heterocycles. The van der Waals surface area contributed by atoms with Crippen LogP contribution < -0.4 is 5.32 Å². The third-order valence-corrected chi connectivity index (χ3v) is 3.78. The minimum atomic E-state index is -0.522. The van der Waals surface area contributed by atoms with Crippen molar-refractivity contribution >= 4 is 22.0 Å². The van der Waals surface area contributed by atoms with Gasteiger partial charge in [0.25, 0.3) is 0 Å². The number of carbonyl (C=O) groups excluding carboxylic acids is 1. The van der Waals surface area contributed by atoms with Gasteiger partial charge >= 0.3 is 6.09 Å². The normalized spacial score (nSPS) is 15.7. The van der Waals surface area contributed by atoms with E-state index in [1.165, 1.54) is 0 Å². The van der Waals surface area contributed by atoms with Crippen molar-refractivity contribution < 1.29 is 14.3 Å². The summed E-state index contributed by atoms with van der Waals surface area (Å²) in [5.74, 6) is 0. The molecule has 0 atom stereocenters. The smallest absolute Gasteiger partial charge is 0.408 e. The molecular formula is C19H33BrN2O3. The lowest BCUT2D eigenvalue weighted by Crippen LogP contribution is -2.50. The molecule has 144 valence electrons. The van der Waals surface area contributed by atoms with Crippen LogP contribution in [0.15, 0.2) is 22.9 Å². The number of amides is 1. The number of rotatable bonds is 2. The summed E-state index contributed by atoms with van der Waals surface area (Å²) < 4.78 is 11.7. The molecule has 2 rings (SSSR count). The third-order valence-electron chi connectivity index (χ3n) is 3.34. The van der Waals surface area contributed by atoms with Crippen molar-refractivity contribution in [3.63, 3.8) is 0 Å². The van der Waals surface area contributed by atoms with Gasteiger partial charge in [0.05, 0.1) is 5.54 Å². The number of hydrogen-bond acceptors (Lipinski definition) is 4. The van der Waals surface area contributed by atoms with Crippen LogP contribution in [-0.2, 0) is 15.0 Å². The van der Waals surface area contributed by atoms with Gasteiger partial charge in [-0.05, 0) is 61.2 Å². The van der Waals surface area contributed by atoms with Gasteiger partial charge in [-0.3, -0.25) is 4.98 Å². The fraction of sp³-hybridized carbons (Fsp3) is 0.684. The molecule has 1 aliphatic rings. The molecule has 1 aromatic heterocycles. The zero-order chi connectivity index (χ0) is 19.5. The van der Waals surface area contributed by atoms with Crippen LogP contribution >= 0.6 is 15.9 Å². The van der Waals surface area contributed by atoms with Crippen molar-refractivity contribution in [3.05, 3.63) is 28.5 Å². The maximum Gasteiger partial charge on any atom is 0.408 e. The van der Waals surface area contributed by atoms with Crippen LogP contribution in [0.4, 0.5) is 4.79 Å². The molecule has 6 heteroatoms. The number of pyridine rings is 1. The Balaban J connectivity index is 0.00000134. The molecular weight excluding hydrogens is 384 g/mol. The highest BCUT2D eigenvalue weighted by Crippen LogP contribution is 2.33. The van der Waals surface area contributed by atoms with E-state index in [1.807, 2.05) is 54.5 Å². The predicted octanol–water partition coefficient (Wildman–Crippen LogP) is 5.43. The maximum absolute atomic E-state index is 12.2. The summed E-state index contributed by atoms with van der Waals surface area (Å²) >= 11 is 3.43. The highest BCUT2D eigenvalue weighted by atomic mass is 79.9. The van der Waals surface area contributed by atoms with Gasteiger partial charge in [0, 0.05) is 30.1 Å². The van der Waals surface area contributed by atoms with Crippen molar-refractivity contribution in [2.75, 3.05) is 13.2 Å². The minimum Gasteiger partial charge on any atom is -0.444 e. The molecule has 1 fully saturated rings. The molecule has 0 unspecified atom stereocenters. The van der Waals surface area contributed by atoms with Crippen LogP contribution in [0.3, 0.4) is 0 Å². The second kappa shape index (κ2) is 11.5. The molecule has 1 amide bonds. The van der Waals surface area contributed by atoms with E-state index in [0.29, 0.717) is 26.1 Å². The van der Waals surface area contributed by atoms with E-state index in [2.05, 4.69) is 26.2 Å². The first-order valence-electron chi connectivity index (χ1n) is 9.01. The highest BCUT2D eigenvalue weighted by Gasteiger charge is 2.37. The van der Waals surface area contributed by atoms with E-state index in [4.69, 9.17) is 9.47 Å². The lowest BCUT2D eigenvalue weighted by molar-refractivity contribution is 0.0156. The molecule has 1 N–H and O–H groups in total. The number of hydrogen-bond donors (Lipinski definition) is 1. The lowest BCUT2D eigenvalue weighted by Gasteiger charge is -2.38. The highest BCUT2D eigenvalue weighted by molar-refractivity contribution is 9.10. The first kappa shape index (κ1) is 23.9. The summed E-state index contributed by atoms with van der Waals surface area (Å²) in [5, 5.41) is 3.03. The first-order valence-corrected chi connectivity index (χ1v) is 9.80. The van der Waals surface area contributed by atoms with E-state index >= 15 is 0 Å². The van der Waals surface area contributed by atoms with Crippen LogP contribution in [0.25, 0.3) is 0 Å². The number of nitrogens with zero attached hydrogens (tertiary/aromatic N) is 1. The fourth-order valence-electron chi connectivity index (χ4n) is 2.38. The van der Waals surface area contributed by atoms with Crippen molar-refractivity contribution in [1.82, 2.24) is 10.3 Å². The zero-order valence-corrected chi connectivity index (χ0v) is 18.2. The quantitative estimate of drug-likeness (QED) is 0.697. The Labute approximate surface area is 161 Å². The number of nitrogens with one attached hydrogen (secondary N) is 1. The van der Waals surface area contributed by atoms with Gasteiger partial charge in [-0.1, -0.05) is 27.7 Å². The topological polar surface area (TPSA) is 60.5 Å². The second-order valence-corrected chi connectivity index (χ2v) is 7.13. The van der Waals surface area contributed by atoms with Crippen LogP contribution in [0.5, 0.6) is 0 Å². The Kier molecular flexibility index (Phi) is 10.9. The molecule has 2 heterocycles. The van der Waals surface area contributed by atoms with Crippen LogP contribution in [0, 0.1) is 0 Å². The molecule has 5 nitrogen and oxygen atoms in total. The number of alkyl carbamates (subject to hydrolysis) is 1. The van der Waals surface area contributed by atoms with Gasteiger partial charge in [-0.2, -0.15) is 0 Å². The van der Waals surface area contributed by atoms with Gasteiger partial charge in [-0.25, -0.2) is 4.79 Å². The Bertz CT molecular complexity index is 510. The summed E-state index contributed by atoms with van der Waals surface area (Å²) in [6.07, 6.45) is 4.50. The van der Waals surface area contributed by atoms with Crippen molar-refractivity contribution in [2.24, 2.45) is 0 Å². The van der Waals surface area contributed by atoms with E-state index in [9.17, 15) is 4.79 Å². The summed E-state index contributed by atoms with van der Waals surface area (Å²) in [7, 11) is 0. The van der Waals surface area contributed by atoms with E-state index in [-0.39, 0.29) is 0 Å². The lowest BCUT2D eigenvalue weighted by atomic mass is 9.83. The number of carbonyl (C=O) groups is 1. The molecule has 0 radical (unpaired) electrons. The van der Waals surface area contributed by atoms with E-state index in [1.54, 1.807) is 12.4 Å². The Morgan fingerprint density at radius 1 is 1.20 bits per heavy atom. The second-order valence-electron chi connectivity index (χ2n) is 6.21. The first-order chi connectivity index (χ1) is 11.8. The molecule has 1 saturated heterocycles. The molecule has 1 aromatic rings. The average molecular weight is 417 g/mol. The number of aromatic nitrogens is 1. The van der Waals surface area contributed by atoms with Crippen LogP contribution in [-0.4, -0.2) is 29.9 Å². The van der Waals surface area contributed by atoms with E-state index < -0.39 is 17.2 Å². The number of halogens is 1. The summed E-state index contributed by atoms with van der Waals surface area (Å²) in [6.45, 7) is 14.8. The minimum absolute atomic E-state index is 0.413. The molecule has 0 aromatic carbocycles. The van der Waals surface area contributed by atoms with Gasteiger partial charge in [-0.15, -0.1) is 0 Å². The van der Waals surface area contributed by atoms with Crippen LogP contribution in [0.1, 0.15) is 66.9 Å². The molecule has 25 heavy (non-hydrogen) atoms. The van der Waals surface area contributed by atoms with Crippen molar-refractivity contribution in [2.45, 2.75) is 72.4 Å². The molecule has 0 spiro atoms. The Hall–Kier alpha value is -1.14. The van der Waals surface area contributed by atoms with E-state index in [0.717, 1.165) is 10.0 Å². The molecule has 0 aliphatic carbocycles. The predicted molar refractivity (Wildman–Crippen MR) is 106 cm³/mol. The average Bonchev–Trinajstić information content (AvgIpc) is 2.57.